The molecule has 0 radical (unpaired) electrons. The third-order valence-corrected chi connectivity index (χ3v) is 3.08. The highest BCUT2D eigenvalue weighted by molar-refractivity contribution is 5.32. The number of hydrogen-bond acceptors (Lipinski definition) is 6. The Balaban J connectivity index is 2.32. The van der Waals surface area contributed by atoms with E-state index in [0.29, 0.717) is 4.57 Å². The third kappa shape index (κ3) is 2.89. The second-order valence-corrected chi connectivity index (χ2v) is 5.13. The van der Waals surface area contributed by atoms with Gasteiger partial charge in [-0.3, -0.25) is 4.57 Å². The van der Waals surface area contributed by atoms with Gasteiger partial charge in [0.05, 0.1) is 6.61 Å². The normalized spacial score (nSPS) is 28.0. The molecule has 0 aromatic carbocycles. The number of aromatic nitrogens is 2. The number of alkyl halides is 2. The maximum absolute atomic E-state index is 13.9. The van der Waals surface area contributed by atoms with Crippen LogP contribution in [0, 0.1) is 0 Å². The molecular weight excluding hydrogens is 288 g/mol. The molecule has 3 N–H and O–H groups in total. The molecule has 0 amide bonds. The smallest absolute Gasteiger partial charge is 0.351 e. The largest absolute Gasteiger partial charge is 0.394 e. The minimum atomic E-state index is -3.70. The highest BCUT2D eigenvalue weighted by Crippen LogP contribution is 2.41. The zero-order valence-corrected chi connectivity index (χ0v) is 11.5. The van der Waals surface area contributed by atoms with Crippen molar-refractivity contribution in [3.63, 3.8) is 0 Å². The van der Waals surface area contributed by atoms with Crippen molar-refractivity contribution in [2.75, 3.05) is 11.9 Å². The van der Waals surface area contributed by atoms with Gasteiger partial charge in [-0.15, -0.1) is 0 Å². The lowest BCUT2D eigenvalue weighted by Gasteiger charge is -2.21. The highest BCUT2D eigenvalue weighted by Gasteiger charge is 2.59. The van der Waals surface area contributed by atoms with Crippen molar-refractivity contribution in [3.05, 3.63) is 22.7 Å². The SMILES string of the molecule is CC(C)Nc1ccn([C@@H]2OC(CO)[C@@H](O)C2(F)F)c(=O)n1. The molecule has 7 nitrogen and oxygen atoms in total. The van der Waals surface area contributed by atoms with Gasteiger partial charge in [0.1, 0.15) is 11.9 Å². The molecule has 1 aromatic heterocycles. The summed E-state index contributed by atoms with van der Waals surface area (Å²) in [4.78, 5) is 15.5. The Kier molecular flexibility index (Phi) is 4.26. The van der Waals surface area contributed by atoms with Crippen LogP contribution in [0.3, 0.4) is 0 Å². The molecule has 9 heteroatoms. The summed E-state index contributed by atoms with van der Waals surface area (Å²) in [5.74, 6) is -3.45. The van der Waals surface area contributed by atoms with Crippen LogP contribution in [0.4, 0.5) is 14.6 Å². The summed E-state index contributed by atoms with van der Waals surface area (Å²) in [6.45, 7) is 2.90. The molecule has 21 heavy (non-hydrogen) atoms. The predicted molar refractivity (Wildman–Crippen MR) is 69.2 cm³/mol. The first-order valence-corrected chi connectivity index (χ1v) is 6.45. The number of hydrogen-bond donors (Lipinski definition) is 3. The fourth-order valence-corrected chi connectivity index (χ4v) is 2.09. The van der Waals surface area contributed by atoms with Gasteiger partial charge in [0, 0.05) is 12.2 Å². The number of nitrogens with zero attached hydrogens (tertiary/aromatic N) is 2. The van der Waals surface area contributed by atoms with Crippen LogP contribution in [0.1, 0.15) is 20.1 Å². The average Bonchev–Trinajstić information content (AvgIpc) is 2.61. The van der Waals surface area contributed by atoms with Crippen molar-refractivity contribution in [1.82, 2.24) is 9.55 Å². The van der Waals surface area contributed by atoms with Crippen molar-refractivity contribution in [2.45, 2.75) is 44.2 Å². The second kappa shape index (κ2) is 5.66. The fraction of sp³-hybridized carbons (Fsp3) is 0.667. The topological polar surface area (TPSA) is 96.6 Å². The average molecular weight is 305 g/mol. The number of ether oxygens (including phenoxy) is 1. The van der Waals surface area contributed by atoms with Gasteiger partial charge in [-0.1, -0.05) is 0 Å². The standard InChI is InChI=1S/C12H17F2N3O4/c1-6(2)15-8-3-4-17(11(20)16-8)10-12(13,14)9(19)7(5-18)21-10/h3-4,6-7,9-10,18-19H,5H2,1-2H3,(H,15,16,20)/t7?,9-,10-/m1/s1. The molecule has 0 saturated carbocycles. The van der Waals surface area contributed by atoms with E-state index in [-0.39, 0.29) is 11.9 Å². The number of aliphatic hydroxyl groups is 2. The Morgan fingerprint density at radius 2 is 2.24 bits per heavy atom. The van der Waals surface area contributed by atoms with Gasteiger partial charge in [0.15, 0.2) is 6.10 Å². The van der Waals surface area contributed by atoms with Gasteiger partial charge in [0.25, 0.3) is 0 Å². The van der Waals surface area contributed by atoms with Crippen LogP contribution in [0.25, 0.3) is 0 Å². The Morgan fingerprint density at radius 3 is 2.71 bits per heavy atom. The summed E-state index contributed by atoms with van der Waals surface area (Å²) in [7, 11) is 0. The summed E-state index contributed by atoms with van der Waals surface area (Å²) in [6.07, 6.45) is -4.53. The Morgan fingerprint density at radius 1 is 1.57 bits per heavy atom. The molecule has 3 atom stereocenters. The van der Waals surface area contributed by atoms with Gasteiger partial charge in [-0.25, -0.2) is 4.79 Å². The van der Waals surface area contributed by atoms with Crippen molar-refractivity contribution >= 4 is 5.82 Å². The molecule has 0 spiro atoms. The minimum absolute atomic E-state index is 0.0255. The van der Waals surface area contributed by atoms with Gasteiger partial charge in [-0.2, -0.15) is 13.8 Å². The van der Waals surface area contributed by atoms with Crippen molar-refractivity contribution < 1.29 is 23.7 Å². The number of rotatable bonds is 4. The summed E-state index contributed by atoms with van der Waals surface area (Å²) >= 11 is 0. The van der Waals surface area contributed by atoms with E-state index in [2.05, 4.69) is 10.3 Å². The molecule has 2 rings (SSSR count). The van der Waals surface area contributed by atoms with Gasteiger partial charge in [0.2, 0.25) is 6.23 Å². The maximum atomic E-state index is 13.9. The number of nitrogens with one attached hydrogen (secondary N) is 1. The van der Waals surface area contributed by atoms with Crippen molar-refractivity contribution in [1.29, 1.82) is 0 Å². The van der Waals surface area contributed by atoms with E-state index in [1.54, 1.807) is 0 Å². The van der Waals surface area contributed by atoms with Crippen LogP contribution in [-0.4, -0.2) is 50.5 Å². The molecule has 1 saturated heterocycles. The fourth-order valence-electron chi connectivity index (χ4n) is 2.09. The number of aliphatic hydroxyl groups excluding tert-OH is 2. The lowest BCUT2D eigenvalue weighted by atomic mass is 10.1. The van der Waals surface area contributed by atoms with Crippen LogP contribution < -0.4 is 11.0 Å². The van der Waals surface area contributed by atoms with E-state index in [1.165, 1.54) is 6.07 Å². The molecule has 118 valence electrons. The minimum Gasteiger partial charge on any atom is -0.394 e. The first-order chi connectivity index (χ1) is 9.77. The van der Waals surface area contributed by atoms with Crippen molar-refractivity contribution in [3.8, 4) is 0 Å². The van der Waals surface area contributed by atoms with Crippen molar-refractivity contribution in [2.24, 2.45) is 0 Å². The Bertz CT molecular complexity index is 564. The summed E-state index contributed by atoms with van der Waals surface area (Å²) in [5.41, 5.74) is -0.934. The molecule has 1 aromatic rings. The lowest BCUT2D eigenvalue weighted by molar-refractivity contribution is -0.140. The third-order valence-electron chi connectivity index (χ3n) is 3.08. The highest BCUT2D eigenvalue weighted by atomic mass is 19.3. The molecule has 0 bridgehead atoms. The van der Waals surface area contributed by atoms with Crippen LogP contribution in [0.2, 0.25) is 0 Å². The second-order valence-electron chi connectivity index (χ2n) is 5.13. The molecule has 2 heterocycles. The van der Waals surface area contributed by atoms with Crippen LogP contribution in [-0.2, 0) is 4.74 Å². The number of anilines is 1. The Labute approximate surface area is 119 Å². The quantitative estimate of drug-likeness (QED) is 0.722. The molecule has 1 aliphatic rings. The zero-order valence-electron chi connectivity index (χ0n) is 11.5. The first-order valence-electron chi connectivity index (χ1n) is 6.45. The van der Waals surface area contributed by atoms with E-state index in [1.807, 2.05) is 13.8 Å². The maximum Gasteiger partial charge on any atom is 0.351 e. The van der Waals surface area contributed by atoms with Crippen LogP contribution in [0.15, 0.2) is 17.1 Å². The monoisotopic (exact) mass is 305 g/mol. The Hall–Kier alpha value is -1.58. The van der Waals surface area contributed by atoms with E-state index >= 15 is 0 Å². The zero-order chi connectivity index (χ0) is 15.8. The first kappa shape index (κ1) is 15.8. The predicted octanol–water partition coefficient (Wildman–Crippen LogP) is -0.0505. The number of halogens is 2. The van der Waals surface area contributed by atoms with Gasteiger partial charge in [-0.05, 0) is 19.9 Å². The van der Waals surface area contributed by atoms with Gasteiger partial charge < -0.3 is 20.3 Å². The van der Waals surface area contributed by atoms with Crippen LogP contribution in [0.5, 0.6) is 0 Å². The molecule has 1 fully saturated rings. The van der Waals surface area contributed by atoms with E-state index in [0.717, 1.165) is 6.20 Å². The molecular formula is C12H17F2N3O4. The lowest BCUT2D eigenvalue weighted by Crippen LogP contribution is -2.41. The van der Waals surface area contributed by atoms with E-state index in [9.17, 15) is 18.7 Å². The summed E-state index contributed by atoms with van der Waals surface area (Å²) < 4.78 is 33.3. The summed E-state index contributed by atoms with van der Waals surface area (Å²) in [5, 5.41) is 21.2. The van der Waals surface area contributed by atoms with E-state index in [4.69, 9.17) is 9.84 Å². The van der Waals surface area contributed by atoms with Crippen LogP contribution >= 0.6 is 0 Å². The molecule has 0 aliphatic carbocycles. The molecule has 1 aliphatic heterocycles. The summed E-state index contributed by atoms with van der Waals surface area (Å²) in [6, 6.07) is 1.39. The van der Waals surface area contributed by atoms with E-state index < -0.39 is 36.7 Å². The van der Waals surface area contributed by atoms with Gasteiger partial charge >= 0.3 is 11.6 Å². The molecule has 1 unspecified atom stereocenters.